The fraction of sp³-hybridized carbons (Fsp3) is 0.417. The van der Waals surface area contributed by atoms with Crippen LogP contribution in [-0.2, 0) is 4.79 Å². The summed E-state index contributed by atoms with van der Waals surface area (Å²) < 4.78 is 0. The first-order valence-corrected chi connectivity index (χ1v) is 6.61. The number of benzene rings is 1. The normalized spacial score (nSPS) is 24.0. The van der Waals surface area contributed by atoms with E-state index in [2.05, 4.69) is 22.8 Å². The van der Waals surface area contributed by atoms with Crippen LogP contribution in [0.3, 0.4) is 0 Å². The molecule has 1 saturated heterocycles. The Morgan fingerprint density at radius 3 is 3.12 bits per heavy atom. The zero-order chi connectivity index (χ0) is 11.0. The number of anilines is 1. The van der Waals surface area contributed by atoms with Gasteiger partial charge in [0.15, 0.2) is 0 Å². The molecule has 0 radical (unpaired) electrons. The lowest BCUT2D eigenvalue weighted by Gasteiger charge is -2.19. The van der Waals surface area contributed by atoms with Gasteiger partial charge < -0.3 is 10.6 Å². The first kappa shape index (κ1) is 10.2. The summed E-state index contributed by atoms with van der Waals surface area (Å²) in [5.74, 6) is 0.637. The molecule has 16 heavy (non-hydrogen) atoms. The molecule has 1 unspecified atom stereocenters. The Morgan fingerprint density at radius 2 is 2.31 bits per heavy atom. The first-order chi connectivity index (χ1) is 7.83. The molecule has 2 heterocycles. The summed E-state index contributed by atoms with van der Waals surface area (Å²) in [7, 11) is 0. The van der Waals surface area contributed by atoms with Crippen LogP contribution in [0, 0.1) is 0 Å². The highest BCUT2D eigenvalue weighted by molar-refractivity contribution is 8.00. The van der Waals surface area contributed by atoms with Crippen molar-refractivity contribution in [2.75, 3.05) is 17.6 Å². The van der Waals surface area contributed by atoms with E-state index < -0.39 is 0 Å². The van der Waals surface area contributed by atoms with Crippen molar-refractivity contribution in [2.24, 2.45) is 0 Å². The lowest BCUT2D eigenvalue weighted by Crippen LogP contribution is -2.19. The molecule has 1 fully saturated rings. The van der Waals surface area contributed by atoms with Gasteiger partial charge in [-0.15, -0.1) is 11.8 Å². The molecule has 1 aromatic rings. The van der Waals surface area contributed by atoms with E-state index in [1.54, 1.807) is 11.8 Å². The number of carbonyl (C=O) groups excluding carboxylic acids is 1. The number of fused-ring (bicyclic) bond motifs is 1. The number of carbonyl (C=O) groups is 1. The van der Waals surface area contributed by atoms with Gasteiger partial charge in [-0.3, -0.25) is 4.79 Å². The summed E-state index contributed by atoms with van der Waals surface area (Å²) >= 11 is 1.63. The average molecular weight is 234 g/mol. The molecular formula is C12H14N2OS. The molecule has 0 saturated carbocycles. The van der Waals surface area contributed by atoms with Crippen molar-refractivity contribution in [1.29, 1.82) is 0 Å². The van der Waals surface area contributed by atoms with Crippen LogP contribution >= 0.6 is 11.8 Å². The van der Waals surface area contributed by atoms with Gasteiger partial charge in [0.1, 0.15) is 0 Å². The number of hydrogen-bond acceptors (Lipinski definition) is 3. The fourth-order valence-corrected chi connectivity index (χ4v) is 3.13. The van der Waals surface area contributed by atoms with Crippen LogP contribution in [0.25, 0.3) is 0 Å². The van der Waals surface area contributed by atoms with Gasteiger partial charge in [0.05, 0.1) is 11.4 Å². The molecule has 0 aliphatic carbocycles. The standard InChI is InChI=1S/C12H14N2OS/c15-12-7-16-11-6-8(3-4-10(11)14-12)9-2-1-5-13-9/h3-4,6,9,13H,1-2,5,7H2,(H,14,15). The van der Waals surface area contributed by atoms with E-state index in [9.17, 15) is 4.79 Å². The van der Waals surface area contributed by atoms with Crippen molar-refractivity contribution < 1.29 is 4.79 Å². The molecule has 84 valence electrons. The van der Waals surface area contributed by atoms with Crippen LogP contribution < -0.4 is 10.6 Å². The molecule has 1 atom stereocenters. The van der Waals surface area contributed by atoms with E-state index in [0.717, 1.165) is 12.2 Å². The van der Waals surface area contributed by atoms with Crippen LogP contribution in [0.1, 0.15) is 24.4 Å². The van der Waals surface area contributed by atoms with Gasteiger partial charge in [0.25, 0.3) is 0 Å². The molecule has 2 N–H and O–H groups in total. The highest BCUT2D eigenvalue weighted by atomic mass is 32.2. The van der Waals surface area contributed by atoms with Crippen LogP contribution in [-0.4, -0.2) is 18.2 Å². The maximum atomic E-state index is 11.2. The Balaban J connectivity index is 1.89. The first-order valence-electron chi connectivity index (χ1n) is 5.63. The molecular weight excluding hydrogens is 220 g/mol. The van der Waals surface area contributed by atoms with E-state index in [4.69, 9.17) is 0 Å². The topological polar surface area (TPSA) is 41.1 Å². The average Bonchev–Trinajstić information content (AvgIpc) is 2.82. The Morgan fingerprint density at radius 1 is 1.38 bits per heavy atom. The summed E-state index contributed by atoms with van der Waals surface area (Å²) in [6.07, 6.45) is 2.47. The molecule has 2 aliphatic heterocycles. The monoisotopic (exact) mass is 234 g/mol. The molecule has 2 aliphatic rings. The summed E-state index contributed by atoms with van der Waals surface area (Å²) in [6, 6.07) is 6.86. The van der Waals surface area contributed by atoms with E-state index in [1.165, 1.54) is 23.3 Å². The predicted molar refractivity (Wildman–Crippen MR) is 65.8 cm³/mol. The summed E-state index contributed by atoms with van der Waals surface area (Å²) in [5.41, 5.74) is 2.31. The number of nitrogens with one attached hydrogen (secondary N) is 2. The van der Waals surface area contributed by atoms with Gasteiger partial charge in [0, 0.05) is 10.9 Å². The third-order valence-electron chi connectivity index (χ3n) is 3.10. The Bertz CT molecular complexity index is 427. The van der Waals surface area contributed by atoms with Crippen molar-refractivity contribution in [3.8, 4) is 0 Å². The van der Waals surface area contributed by atoms with Crippen LogP contribution in [0.15, 0.2) is 23.1 Å². The number of amides is 1. The molecule has 0 bridgehead atoms. The van der Waals surface area contributed by atoms with E-state index >= 15 is 0 Å². The predicted octanol–water partition coefficient (Wildman–Crippen LogP) is 2.16. The van der Waals surface area contributed by atoms with E-state index in [1.807, 2.05) is 6.07 Å². The van der Waals surface area contributed by atoms with Gasteiger partial charge in [-0.25, -0.2) is 0 Å². The minimum atomic E-state index is 0.101. The molecule has 1 aromatic carbocycles. The zero-order valence-corrected chi connectivity index (χ0v) is 9.77. The van der Waals surface area contributed by atoms with Crippen molar-refractivity contribution in [2.45, 2.75) is 23.8 Å². The van der Waals surface area contributed by atoms with Gasteiger partial charge in [-0.1, -0.05) is 6.07 Å². The minimum absolute atomic E-state index is 0.101. The van der Waals surface area contributed by atoms with Gasteiger partial charge in [0.2, 0.25) is 5.91 Å². The lowest BCUT2D eigenvalue weighted by molar-refractivity contribution is -0.113. The Hall–Kier alpha value is -1.00. The molecule has 1 amide bonds. The smallest absolute Gasteiger partial charge is 0.234 e. The summed E-state index contributed by atoms with van der Waals surface area (Å²) in [5, 5.41) is 6.39. The Kier molecular flexibility index (Phi) is 2.61. The van der Waals surface area contributed by atoms with Crippen LogP contribution in [0.4, 0.5) is 5.69 Å². The van der Waals surface area contributed by atoms with E-state index in [-0.39, 0.29) is 5.91 Å². The van der Waals surface area contributed by atoms with Crippen LogP contribution in [0.2, 0.25) is 0 Å². The second-order valence-electron chi connectivity index (χ2n) is 4.24. The number of hydrogen-bond donors (Lipinski definition) is 2. The third kappa shape index (κ3) is 1.83. The molecule has 4 heteroatoms. The van der Waals surface area contributed by atoms with Gasteiger partial charge in [-0.05, 0) is 37.1 Å². The van der Waals surface area contributed by atoms with E-state index in [0.29, 0.717) is 11.8 Å². The molecule has 3 rings (SSSR count). The van der Waals surface area contributed by atoms with Gasteiger partial charge in [-0.2, -0.15) is 0 Å². The molecule has 0 aromatic heterocycles. The largest absolute Gasteiger partial charge is 0.324 e. The fourth-order valence-electron chi connectivity index (χ4n) is 2.28. The van der Waals surface area contributed by atoms with Gasteiger partial charge >= 0.3 is 0 Å². The van der Waals surface area contributed by atoms with Crippen LogP contribution in [0.5, 0.6) is 0 Å². The summed E-state index contributed by atoms with van der Waals surface area (Å²) in [6.45, 7) is 1.12. The number of thioether (sulfide) groups is 1. The van der Waals surface area contributed by atoms with Crippen molar-refractivity contribution in [3.63, 3.8) is 0 Å². The SMILES string of the molecule is O=C1CSc2cc(C3CCCN3)ccc2N1. The minimum Gasteiger partial charge on any atom is -0.324 e. The number of rotatable bonds is 1. The van der Waals surface area contributed by atoms with Crippen molar-refractivity contribution >= 4 is 23.4 Å². The molecule has 3 nitrogen and oxygen atoms in total. The van der Waals surface area contributed by atoms with Crippen molar-refractivity contribution in [3.05, 3.63) is 23.8 Å². The highest BCUT2D eigenvalue weighted by Crippen LogP contribution is 2.34. The summed E-state index contributed by atoms with van der Waals surface area (Å²) in [4.78, 5) is 12.4. The molecule has 0 spiro atoms. The lowest BCUT2D eigenvalue weighted by atomic mass is 10.1. The second-order valence-corrected chi connectivity index (χ2v) is 5.26. The third-order valence-corrected chi connectivity index (χ3v) is 4.16. The zero-order valence-electron chi connectivity index (χ0n) is 8.95. The van der Waals surface area contributed by atoms with Crippen molar-refractivity contribution in [1.82, 2.24) is 5.32 Å². The Labute approximate surface area is 99.0 Å². The quantitative estimate of drug-likeness (QED) is 0.782. The second kappa shape index (κ2) is 4.11. The maximum absolute atomic E-state index is 11.2. The maximum Gasteiger partial charge on any atom is 0.234 e. The highest BCUT2D eigenvalue weighted by Gasteiger charge is 2.20.